The van der Waals surface area contributed by atoms with Crippen LogP contribution < -0.4 is 10.1 Å². The lowest BCUT2D eigenvalue weighted by Gasteiger charge is -2.10. The lowest BCUT2D eigenvalue weighted by atomic mass is 10.2. The molecule has 0 unspecified atom stereocenters. The molecule has 1 N–H and O–H groups in total. The number of benzene rings is 2. The summed E-state index contributed by atoms with van der Waals surface area (Å²) in [6.07, 6.45) is 0. The van der Waals surface area contributed by atoms with Gasteiger partial charge in [0, 0.05) is 10.6 Å². The average molecular weight is 452 g/mol. The quantitative estimate of drug-likeness (QED) is 0.429. The molecule has 0 spiro atoms. The van der Waals surface area contributed by atoms with E-state index in [1.165, 1.54) is 0 Å². The molecule has 8 nitrogen and oxygen atoms in total. The van der Waals surface area contributed by atoms with Crippen molar-refractivity contribution in [1.82, 2.24) is 20.0 Å². The molecular weight excluding hydrogens is 430 g/mol. The number of aromatic nitrogens is 4. The van der Waals surface area contributed by atoms with Crippen molar-refractivity contribution in [3.8, 4) is 17.2 Å². The van der Waals surface area contributed by atoms with Crippen LogP contribution in [0.5, 0.6) is 5.75 Å². The topological polar surface area (TPSA) is 95.1 Å². The van der Waals surface area contributed by atoms with Gasteiger partial charge in [-0.2, -0.15) is 0 Å². The van der Waals surface area contributed by atoms with E-state index in [9.17, 15) is 4.79 Å². The van der Waals surface area contributed by atoms with Gasteiger partial charge in [0.05, 0.1) is 24.5 Å². The molecule has 0 saturated carbocycles. The lowest BCUT2D eigenvalue weighted by Crippen LogP contribution is -2.15. The molecule has 2 aromatic heterocycles. The van der Waals surface area contributed by atoms with E-state index >= 15 is 0 Å². The maximum Gasteiger partial charge on any atom is 0.278 e. The Bertz CT molecular complexity index is 1260. The Hall–Kier alpha value is -3.65. The van der Waals surface area contributed by atoms with Crippen molar-refractivity contribution >= 4 is 23.2 Å². The van der Waals surface area contributed by atoms with Crippen molar-refractivity contribution in [3.05, 3.63) is 76.4 Å². The fraction of sp³-hybridized carbons (Fsp3) is 0.217. The summed E-state index contributed by atoms with van der Waals surface area (Å²) < 4.78 is 13.0. The standard InChI is InChI=1S/C23H22ClN5O3/c1-4-31-20-11-6-5-10-18(20)25-22(30)21-14(2)29(28-27-21)13-19-15(3)32-23(26-19)16-8-7-9-17(24)12-16/h5-12H,4,13H2,1-3H3,(H,25,30). The third-order valence-corrected chi connectivity index (χ3v) is 5.13. The molecule has 4 rings (SSSR count). The van der Waals surface area contributed by atoms with Crippen LogP contribution in [0, 0.1) is 13.8 Å². The highest BCUT2D eigenvalue weighted by molar-refractivity contribution is 6.30. The number of hydrogen-bond acceptors (Lipinski definition) is 6. The molecule has 4 aromatic rings. The van der Waals surface area contributed by atoms with Crippen LogP contribution in [0.25, 0.3) is 11.5 Å². The van der Waals surface area contributed by atoms with Crippen LogP contribution in [0.15, 0.2) is 52.9 Å². The number of amides is 1. The number of nitrogens with one attached hydrogen (secondary N) is 1. The number of ether oxygens (including phenoxy) is 1. The van der Waals surface area contributed by atoms with Gasteiger partial charge in [-0.15, -0.1) is 5.10 Å². The number of nitrogens with zero attached hydrogens (tertiary/aromatic N) is 4. The van der Waals surface area contributed by atoms with Gasteiger partial charge in [0.1, 0.15) is 17.2 Å². The van der Waals surface area contributed by atoms with Crippen LogP contribution in [-0.4, -0.2) is 32.5 Å². The average Bonchev–Trinajstić information content (AvgIpc) is 3.32. The number of anilines is 1. The van der Waals surface area contributed by atoms with Gasteiger partial charge in [-0.3, -0.25) is 4.79 Å². The number of para-hydroxylation sites is 2. The Morgan fingerprint density at radius 1 is 1.19 bits per heavy atom. The van der Waals surface area contributed by atoms with Gasteiger partial charge in [0.2, 0.25) is 5.89 Å². The fourth-order valence-electron chi connectivity index (χ4n) is 3.21. The van der Waals surface area contributed by atoms with Crippen LogP contribution in [0.3, 0.4) is 0 Å². The molecule has 0 saturated heterocycles. The second kappa shape index (κ2) is 9.23. The predicted octanol–water partition coefficient (Wildman–Crippen LogP) is 4.90. The molecule has 164 valence electrons. The number of halogens is 1. The predicted molar refractivity (Wildman–Crippen MR) is 121 cm³/mol. The van der Waals surface area contributed by atoms with E-state index in [4.69, 9.17) is 20.8 Å². The Morgan fingerprint density at radius 3 is 2.78 bits per heavy atom. The van der Waals surface area contributed by atoms with Crippen molar-refractivity contribution < 1.29 is 13.9 Å². The highest BCUT2D eigenvalue weighted by atomic mass is 35.5. The summed E-state index contributed by atoms with van der Waals surface area (Å²) in [5, 5.41) is 11.7. The monoisotopic (exact) mass is 451 g/mol. The van der Waals surface area contributed by atoms with Gasteiger partial charge in [-0.05, 0) is 51.1 Å². The Labute approximate surface area is 190 Å². The van der Waals surface area contributed by atoms with E-state index < -0.39 is 0 Å². The number of oxazole rings is 1. The largest absolute Gasteiger partial charge is 0.492 e. The van der Waals surface area contributed by atoms with Gasteiger partial charge in [0.25, 0.3) is 5.91 Å². The molecule has 0 bridgehead atoms. The van der Waals surface area contributed by atoms with Crippen molar-refractivity contribution in [2.24, 2.45) is 0 Å². The van der Waals surface area contributed by atoms with Gasteiger partial charge in [-0.25, -0.2) is 9.67 Å². The van der Waals surface area contributed by atoms with Crippen molar-refractivity contribution in [3.63, 3.8) is 0 Å². The first-order valence-corrected chi connectivity index (χ1v) is 10.5. The zero-order chi connectivity index (χ0) is 22.7. The molecule has 0 fully saturated rings. The third-order valence-electron chi connectivity index (χ3n) is 4.90. The minimum absolute atomic E-state index is 0.229. The van der Waals surface area contributed by atoms with Crippen molar-refractivity contribution in [1.29, 1.82) is 0 Å². The maximum atomic E-state index is 12.8. The van der Waals surface area contributed by atoms with E-state index in [-0.39, 0.29) is 11.6 Å². The highest BCUT2D eigenvalue weighted by Crippen LogP contribution is 2.26. The zero-order valence-corrected chi connectivity index (χ0v) is 18.7. The first-order valence-electron chi connectivity index (χ1n) is 10.1. The SMILES string of the molecule is CCOc1ccccc1NC(=O)c1nnn(Cc2nc(-c3cccc(Cl)c3)oc2C)c1C. The minimum Gasteiger partial charge on any atom is -0.492 e. The molecule has 0 aliphatic heterocycles. The molecule has 1 amide bonds. The van der Waals surface area contributed by atoms with Crippen LogP contribution in [0.1, 0.15) is 34.6 Å². The van der Waals surface area contributed by atoms with Gasteiger partial charge >= 0.3 is 0 Å². The van der Waals surface area contributed by atoms with Crippen LogP contribution in [-0.2, 0) is 6.54 Å². The van der Waals surface area contributed by atoms with E-state index in [1.807, 2.05) is 38.1 Å². The molecule has 0 radical (unpaired) electrons. The summed E-state index contributed by atoms with van der Waals surface area (Å²) in [6.45, 7) is 6.32. The summed E-state index contributed by atoms with van der Waals surface area (Å²) >= 11 is 6.07. The minimum atomic E-state index is -0.364. The van der Waals surface area contributed by atoms with E-state index in [2.05, 4.69) is 20.6 Å². The fourth-order valence-corrected chi connectivity index (χ4v) is 3.40. The summed E-state index contributed by atoms with van der Waals surface area (Å²) in [5.74, 6) is 1.37. The second-order valence-corrected chi connectivity index (χ2v) is 7.53. The molecule has 0 aliphatic rings. The number of hydrogen-bond donors (Lipinski definition) is 1. The number of carbonyl (C=O) groups excluding carboxylic acids is 1. The summed E-state index contributed by atoms with van der Waals surface area (Å²) in [4.78, 5) is 17.4. The summed E-state index contributed by atoms with van der Waals surface area (Å²) in [7, 11) is 0. The van der Waals surface area contributed by atoms with E-state index in [1.54, 1.807) is 35.9 Å². The van der Waals surface area contributed by atoms with E-state index in [0.717, 1.165) is 5.56 Å². The van der Waals surface area contributed by atoms with Crippen LogP contribution >= 0.6 is 11.6 Å². The Morgan fingerprint density at radius 2 is 2.00 bits per heavy atom. The lowest BCUT2D eigenvalue weighted by molar-refractivity contribution is 0.102. The molecule has 9 heteroatoms. The van der Waals surface area contributed by atoms with Gasteiger partial charge < -0.3 is 14.5 Å². The smallest absolute Gasteiger partial charge is 0.278 e. The number of carbonyl (C=O) groups is 1. The Balaban J connectivity index is 1.53. The van der Waals surface area contributed by atoms with Crippen molar-refractivity contribution in [2.75, 3.05) is 11.9 Å². The molecule has 2 aromatic carbocycles. The molecule has 0 aliphatic carbocycles. The van der Waals surface area contributed by atoms with Crippen LogP contribution in [0.2, 0.25) is 5.02 Å². The normalized spacial score (nSPS) is 10.9. The van der Waals surface area contributed by atoms with E-state index in [0.29, 0.717) is 52.6 Å². The number of aryl methyl sites for hydroxylation is 1. The molecular formula is C23H22ClN5O3. The zero-order valence-electron chi connectivity index (χ0n) is 17.9. The highest BCUT2D eigenvalue weighted by Gasteiger charge is 2.20. The third kappa shape index (κ3) is 4.50. The molecule has 2 heterocycles. The number of rotatable bonds is 7. The first-order chi connectivity index (χ1) is 15.5. The van der Waals surface area contributed by atoms with Crippen molar-refractivity contribution in [2.45, 2.75) is 27.3 Å². The summed E-state index contributed by atoms with van der Waals surface area (Å²) in [5.41, 5.74) is 2.90. The molecule has 32 heavy (non-hydrogen) atoms. The molecule has 0 atom stereocenters. The van der Waals surface area contributed by atoms with Gasteiger partial charge in [-0.1, -0.05) is 35.0 Å². The van der Waals surface area contributed by atoms with Gasteiger partial charge in [0.15, 0.2) is 5.69 Å². The Kier molecular flexibility index (Phi) is 6.23. The van der Waals surface area contributed by atoms with Crippen LogP contribution in [0.4, 0.5) is 5.69 Å². The maximum absolute atomic E-state index is 12.8. The second-order valence-electron chi connectivity index (χ2n) is 7.10. The summed E-state index contributed by atoms with van der Waals surface area (Å²) in [6, 6.07) is 14.6. The first kappa shape index (κ1) is 21.6.